The summed E-state index contributed by atoms with van der Waals surface area (Å²) in [5.41, 5.74) is 2.96. The molecule has 3 rings (SSSR count). The summed E-state index contributed by atoms with van der Waals surface area (Å²) in [5, 5.41) is 0. The maximum atomic E-state index is 2.57. The lowest BCUT2D eigenvalue weighted by Gasteiger charge is -2.36. The van der Waals surface area contributed by atoms with Crippen LogP contribution in [0.4, 0.5) is 0 Å². The van der Waals surface area contributed by atoms with Crippen LogP contribution in [0.15, 0.2) is 11.6 Å². The molecule has 0 radical (unpaired) electrons. The topological polar surface area (TPSA) is 0 Å². The van der Waals surface area contributed by atoms with E-state index in [1.165, 1.54) is 25.7 Å². The molecule has 3 aliphatic carbocycles. The summed E-state index contributed by atoms with van der Waals surface area (Å²) in [4.78, 5) is 0. The molecule has 1 unspecified atom stereocenters. The van der Waals surface area contributed by atoms with E-state index < -0.39 is 0 Å². The fourth-order valence-electron chi connectivity index (χ4n) is 5.35. The molecular formula is C15H24. The predicted molar refractivity (Wildman–Crippen MR) is 64.6 cm³/mol. The van der Waals surface area contributed by atoms with Crippen molar-refractivity contribution >= 4 is 0 Å². The van der Waals surface area contributed by atoms with Gasteiger partial charge in [0.05, 0.1) is 0 Å². The van der Waals surface area contributed by atoms with E-state index in [0.29, 0.717) is 10.8 Å². The summed E-state index contributed by atoms with van der Waals surface area (Å²) in [6.45, 7) is 9.94. The van der Waals surface area contributed by atoms with Gasteiger partial charge in [-0.1, -0.05) is 32.4 Å². The molecule has 0 heterocycles. The SMILES string of the molecule is CC1=CC[C@@]23C[C@@H]1C(C)(C)C2CC[C@H]3C. The third-order valence-electron chi connectivity index (χ3n) is 6.30. The lowest BCUT2D eigenvalue weighted by molar-refractivity contribution is 0.128. The number of hydrogen-bond acceptors (Lipinski definition) is 0. The van der Waals surface area contributed by atoms with Crippen LogP contribution in [0.3, 0.4) is 0 Å². The molecule has 2 saturated carbocycles. The Labute approximate surface area is 94.1 Å². The first-order valence-corrected chi connectivity index (χ1v) is 6.65. The number of fused-ring (bicyclic) bond motifs is 1. The Kier molecular flexibility index (Phi) is 1.79. The number of allylic oxidation sites excluding steroid dienone is 2. The van der Waals surface area contributed by atoms with Crippen molar-refractivity contribution < 1.29 is 0 Å². The average Bonchev–Trinajstić information content (AvgIpc) is 2.57. The molecule has 0 aromatic rings. The molecule has 0 N–H and O–H groups in total. The number of hydrogen-bond donors (Lipinski definition) is 0. The molecular weight excluding hydrogens is 180 g/mol. The van der Waals surface area contributed by atoms with E-state index in [1.807, 2.05) is 0 Å². The molecule has 1 spiro atoms. The zero-order chi connectivity index (χ0) is 10.8. The van der Waals surface area contributed by atoms with Crippen LogP contribution in [-0.4, -0.2) is 0 Å². The van der Waals surface area contributed by atoms with Crippen molar-refractivity contribution in [2.75, 3.05) is 0 Å². The summed E-state index contributed by atoms with van der Waals surface area (Å²) in [7, 11) is 0. The van der Waals surface area contributed by atoms with Gasteiger partial charge in [0, 0.05) is 0 Å². The molecule has 4 atom stereocenters. The van der Waals surface area contributed by atoms with Gasteiger partial charge in [0.25, 0.3) is 0 Å². The minimum absolute atomic E-state index is 0.571. The van der Waals surface area contributed by atoms with Gasteiger partial charge in [0.15, 0.2) is 0 Å². The lowest BCUT2D eigenvalue weighted by Crippen LogP contribution is -2.30. The molecule has 0 heteroatoms. The molecule has 0 amide bonds. The van der Waals surface area contributed by atoms with Crippen LogP contribution in [-0.2, 0) is 0 Å². The van der Waals surface area contributed by atoms with Crippen LogP contribution in [0.5, 0.6) is 0 Å². The Morgan fingerprint density at radius 1 is 1.27 bits per heavy atom. The second-order valence-corrected chi connectivity index (χ2v) is 6.99. The summed E-state index contributed by atoms with van der Waals surface area (Å²) >= 11 is 0. The van der Waals surface area contributed by atoms with Crippen LogP contribution in [0, 0.1) is 28.6 Å². The third-order valence-corrected chi connectivity index (χ3v) is 6.30. The largest absolute Gasteiger partial charge is 0.0847 e. The van der Waals surface area contributed by atoms with Crippen molar-refractivity contribution in [3.8, 4) is 0 Å². The van der Waals surface area contributed by atoms with Gasteiger partial charge in [-0.25, -0.2) is 0 Å². The molecule has 84 valence electrons. The summed E-state index contributed by atoms with van der Waals surface area (Å²) in [5.74, 6) is 2.86. The highest BCUT2D eigenvalue weighted by Crippen LogP contribution is 2.71. The Morgan fingerprint density at radius 2 is 2.00 bits per heavy atom. The highest BCUT2D eigenvalue weighted by Gasteiger charge is 2.62. The molecule has 0 nitrogen and oxygen atoms in total. The fraction of sp³-hybridized carbons (Fsp3) is 0.867. The first-order valence-electron chi connectivity index (χ1n) is 6.65. The van der Waals surface area contributed by atoms with Gasteiger partial charge < -0.3 is 0 Å². The van der Waals surface area contributed by atoms with Crippen LogP contribution in [0.1, 0.15) is 53.4 Å². The molecule has 0 aliphatic heterocycles. The molecule has 15 heavy (non-hydrogen) atoms. The van der Waals surface area contributed by atoms with Crippen molar-refractivity contribution in [2.45, 2.75) is 53.4 Å². The van der Waals surface area contributed by atoms with Gasteiger partial charge in [-0.2, -0.15) is 0 Å². The van der Waals surface area contributed by atoms with Gasteiger partial charge in [-0.05, 0) is 61.2 Å². The van der Waals surface area contributed by atoms with E-state index in [1.54, 1.807) is 5.57 Å². The van der Waals surface area contributed by atoms with E-state index in [0.717, 1.165) is 17.8 Å². The Hall–Kier alpha value is -0.260. The van der Waals surface area contributed by atoms with Gasteiger partial charge in [0.2, 0.25) is 0 Å². The summed E-state index contributed by atoms with van der Waals surface area (Å²) in [6, 6.07) is 0. The monoisotopic (exact) mass is 204 g/mol. The van der Waals surface area contributed by atoms with Gasteiger partial charge in [-0.3, -0.25) is 0 Å². The van der Waals surface area contributed by atoms with Crippen molar-refractivity contribution in [1.82, 2.24) is 0 Å². The zero-order valence-electron chi connectivity index (χ0n) is 10.6. The average molecular weight is 204 g/mol. The summed E-state index contributed by atoms with van der Waals surface area (Å²) in [6.07, 6.45) is 8.41. The van der Waals surface area contributed by atoms with Crippen LogP contribution in [0.2, 0.25) is 0 Å². The predicted octanol–water partition coefficient (Wildman–Crippen LogP) is 4.42. The Bertz CT molecular complexity index is 323. The Balaban J connectivity index is 2.11. The maximum absolute atomic E-state index is 2.57. The zero-order valence-corrected chi connectivity index (χ0v) is 10.6. The normalized spacial score (nSPS) is 51.5. The van der Waals surface area contributed by atoms with Gasteiger partial charge >= 0.3 is 0 Å². The van der Waals surface area contributed by atoms with Crippen molar-refractivity contribution in [2.24, 2.45) is 28.6 Å². The van der Waals surface area contributed by atoms with Crippen molar-refractivity contribution in [3.63, 3.8) is 0 Å². The first-order chi connectivity index (χ1) is 6.98. The molecule has 2 fully saturated rings. The maximum Gasteiger partial charge on any atom is -0.0146 e. The van der Waals surface area contributed by atoms with Gasteiger partial charge in [0.1, 0.15) is 0 Å². The smallest absolute Gasteiger partial charge is 0.0146 e. The van der Waals surface area contributed by atoms with E-state index in [-0.39, 0.29) is 0 Å². The van der Waals surface area contributed by atoms with Crippen LogP contribution >= 0.6 is 0 Å². The molecule has 0 aromatic carbocycles. The second-order valence-electron chi connectivity index (χ2n) is 6.99. The Morgan fingerprint density at radius 3 is 2.73 bits per heavy atom. The van der Waals surface area contributed by atoms with E-state index in [2.05, 4.69) is 33.8 Å². The molecule has 2 bridgehead atoms. The van der Waals surface area contributed by atoms with E-state index in [9.17, 15) is 0 Å². The van der Waals surface area contributed by atoms with Gasteiger partial charge in [-0.15, -0.1) is 0 Å². The second kappa shape index (κ2) is 2.70. The lowest BCUT2D eigenvalue weighted by atomic mass is 9.68. The minimum Gasteiger partial charge on any atom is -0.0847 e. The highest BCUT2D eigenvalue weighted by atomic mass is 14.7. The van der Waals surface area contributed by atoms with Crippen LogP contribution in [0.25, 0.3) is 0 Å². The molecule has 3 aliphatic rings. The molecule has 0 aromatic heterocycles. The van der Waals surface area contributed by atoms with E-state index in [4.69, 9.17) is 0 Å². The van der Waals surface area contributed by atoms with Crippen molar-refractivity contribution in [3.05, 3.63) is 11.6 Å². The molecule has 0 saturated heterocycles. The quantitative estimate of drug-likeness (QED) is 0.513. The highest BCUT2D eigenvalue weighted by molar-refractivity contribution is 5.25. The standard InChI is InChI=1S/C15H24/c1-10-7-8-15-9-12(10)14(3,4)13(15)6-5-11(15)2/h7,11-13H,5-6,8-9H2,1-4H3/t11-,12+,13?,15+/m1/s1. The van der Waals surface area contributed by atoms with Crippen molar-refractivity contribution in [1.29, 1.82) is 0 Å². The van der Waals surface area contributed by atoms with E-state index >= 15 is 0 Å². The fourth-order valence-corrected chi connectivity index (χ4v) is 5.35. The third kappa shape index (κ3) is 0.990. The first kappa shape index (κ1) is 9.93. The number of rotatable bonds is 0. The van der Waals surface area contributed by atoms with Crippen LogP contribution < -0.4 is 0 Å². The minimum atomic E-state index is 0.571. The summed E-state index contributed by atoms with van der Waals surface area (Å²) < 4.78 is 0.